The normalized spacial score (nSPS) is 23.6. The number of fused-ring (bicyclic) bond motifs is 5. The Balaban J connectivity index is 0.00000433. The topological polar surface area (TPSA) is 144 Å². The molecule has 0 saturated heterocycles. The number of aliphatic imine (C=N–C) groups is 3. The summed E-state index contributed by atoms with van der Waals surface area (Å²) in [5.41, 5.74) is 7.74. The molecule has 0 saturated carbocycles. The summed E-state index contributed by atoms with van der Waals surface area (Å²) in [6, 6.07) is 0. The van der Waals surface area contributed by atoms with Gasteiger partial charge >= 0.3 is 35.0 Å². The molecule has 1 aromatic rings. The monoisotopic (exact) mass is 642 g/mol. The number of hydrogen-bond donors (Lipinski definition) is 0. The Kier molecular flexibility index (Phi) is 9.43. The van der Waals surface area contributed by atoms with Crippen LogP contribution in [0.1, 0.15) is 56.0 Å². The molecule has 3 unspecified atom stereocenters. The van der Waals surface area contributed by atoms with Crippen molar-refractivity contribution in [2.24, 2.45) is 32.7 Å². The molecule has 0 aromatic carbocycles. The van der Waals surface area contributed by atoms with Crippen LogP contribution in [0.5, 0.6) is 0 Å². The van der Waals surface area contributed by atoms with Crippen molar-refractivity contribution in [3.05, 3.63) is 92.3 Å². The number of Topliss-reactive ketones (excluding diaryl/α,β-unsaturated/α-hetero) is 1. The number of allylic oxidation sites excluding steroid dienone is 8. The summed E-state index contributed by atoms with van der Waals surface area (Å²) in [6.07, 6.45) is 9.05. The van der Waals surface area contributed by atoms with E-state index in [9.17, 15) is 19.5 Å². The van der Waals surface area contributed by atoms with Crippen LogP contribution in [0.2, 0.25) is 0 Å². The molecule has 47 heavy (non-hydrogen) atoms. The molecule has 0 amide bonds. The quantitative estimate of drug-likeness (QED) is 0.200. The van der Waals surface area contributed by atoms with Crippen molar-refractivity contribution >= 4 is 69.6 Å². The number of carbonyl (C=O) groups is 3. The third kappa shape index (κ3) is 5.35. The number of aromatic nitrogens is 1. The molecular weight excluding hydrogens is 609 g/mol. The van der Waals surface area contributed by atoms with Crippen LogP contribution in [0, 0.1) is 24.7 Å². The average Bonchev–Trinajstić information content (AvgIpc) is 3.79. The second-order valence-electron chi connectivity index (χ2n) is 11.8. The molecule has 6 rings (SSSR count). The molecule has 10 nitrogen and oxygen atoms in total. The van der Waals surface area contributed by atoms with Crippen molar-refractivity contribution in [1.29, 1.82) is 0 Å². The summed E-state index contributed by atoms with van der Waals surface area (Å²) in [7, 11) is 2.59. The van der Waals surface area contributed by atoms with Crippen molar-refractivity contribution in [2.75, 3.05) is 14.2 Å². The molecule has 3 atom stereocenters. The van der Waals surface area contributed by atoms with Crippen molar-refractivity contribution in [2.45, 2.75) is 47.0 Å². The van der Waals surface area contributed by atoms with E-state index >= 15 is 0 Å². The smallest absolute Gasteiger partial charge is 0.877 e. The Morgan fingerprint density at radius 1 is 1.09 bits per heavy atom. The van der Waals surface area contributed by atoms with Crippen molar-refractivity contribution < 1.29 is 29.0 Å². The maximum absolute atomic E-state index is 14.0. The van der Waals surface area contributed by atoms with Crippen LogP contribution in [0.15, 0.2) is 85.4 Å². The molecule has 1 aliphatic carbocycles. The van der Waals surface area contributed by atoms with Crippen molar-refractivity contribution in [3.63, 3.8) is 0 Å². The standard InChI is InChI=1S/C36H36N4O6.Mg/c1-8-19-16(3)23-12-24-17(4)21(10-11-29(42)45-6)33(39-24)31-32(36(44)46-7)35(43)30-18(5)25(40-34(30)31)13-27-20(9-2)22(15-41)28(38-27)14-26(19)37-23;/h8,12-15,17,21,32H,1,9-11H2,2-7H3,(H2,37,38,39,40,41,43);/q;+2/p-2. The zero-order valence-corrected chi connectivity index (χ0v) is 28.8. The molecule has 1 aromatic heterocycles. The Hall–Kier alpha value is -4.35. The Bertz CT molecular complexity index is 2030. The molecule has 5 aliphatic rings. The van der Waals surface area contributed by atoms with Gasteiger partial charge in [0.15, 0.2) is 5.78 Å². The minimum atomic E-state index is -1.25. The molecular formula is C36H34MgN4O6. The largest absolute Gasteiger partial charge is 2.00 e. The predicted molar refractivity (Wildman–Crippen MR) is 178 cm³/mol. The fourth-order valence-electron chi connectivity index (χ4n) is 6.97. The number of rotatable bonds is 6. The van der Waals surface area contributed by atoms with Gasteiger partial charge in [0.25, 0.3) is 0 Å². The van der Waals surface area contributed by atoms with Crippen molar-refractivity contribution in [1.82, 2.24) is 4.98 Å². The minimum Gasteiger partial charge on any atom is -0.877 e. The zero-order chi connectivity index (χ0) is 33.0. The fourth-order valence-corrected chi connectivity index (χ4v) is 6.97. The summed E-state index contributed by atoms with van der Waals surface area (Å²) < 4.78 is 10.1. The third-order valence-electron chi connectivity index (χ3n) is 9.51. The van der Waals surface area contributed by atoms with Gasteiger partial charge in [-0.1, -0.05) is 38.1 Å². The number of hydrogen-bond acceptors (Lipinski definition) is 9. The van der Waals surface area contributed by atoms with Gasteiger partial charge in [0.1, 0.15) is 5.92 Å². The van der Waals surface area contributed by atoms with E-state index in [0.717, 1.165) is 23.0 Å². The molecule has 0 spiro atoms. The van der Waals surface area contributed by atoms with Gasteiger partial charge in [-0.2, -0.15) is 0 Å². The van der Waals surface area contributed by atoms with E-state index in [4.69, 9.17) is 29.4 Å². The number of methoxy groups -OCH3 is 2. The van der Waals surface area contributed by atoms with E-state index in [2.05, 4.69) is 6.58 Å². The number of nitrogens with zero attached hydrogens (tertiary/aromatic N) is 4. The first-order chi connectivity index (χ1) is 22.1. The van der Waals surface area contributed by atoms with Gasteiger partial charge in [-0.05, 0) is 61.1 Å². The van der Waals surface area contributed by atoms with Gasteiger partial charge in [0.05, 0.1) is 37.0 Å². The van der Waals surface area contributed by atoms with Gasteiger partial charge in [-0.3, -0.25) is 19.4 Å². The third-order valence-corrected chi connectivity index (χ3v) is 9.51. The van der Waals surface area contributed by atoms with Crippen LogP contribution in [0.25, 0.3) is 11.6 Å². The summed E-state index contributed by atoms with van der Waals surface area (Å²) in [5.74, 6) is -3.26. The Labute approximate surface area is 288 Å². The van der Waals surface area contributed by atoms with Crippen LogP contribution in [-0.4, -0.2) is 72.1 Å². The Morgan fingerprint density at radius 3 is 2.47 bits per heavy atom. The van der Waals surface area contributed by atoms with Crippen LogP contribution in [0.3, 0.4) is 0 Å². The summed E-state index contributed by atoms with van der Waals surface area (Å²) >= 11 is 0. The number of esters is 2. The second kappa shape index (κ2) is 13.0. The average molecular weight is 643 g/mol. The van der Waals surface area contributed by atoms with Gasteiger partial charge in [0, 0.05) is 40.8 Å². The maximum atomic E-state index is 14.0. The van der Waals surface area contributed by atoms with Gasteiger partial charge < -0.3 is 19.6 Å². The van der Waals surface area contributed by atoms with Crippen LogP contribution >= 0.6 is 0 Å². The maximum Gasteiger partial charge on any atom is 2.00 e. The molecule has 5 heterocycles. The van der Waals surface area contributed by atoms with Crippen LogP contribution in [-0.2, 0) is 19.1 Å². The second-order valence-corrected chi connectivity index (χ2v) is 11.8. The summed E-state index contributed by atoms with van der Waals surface area (Å²) in [5, 5.41) is 13.3. The molecule has 0 radical (unpaired) electrons. The van der Waals surface area contributed by atoms with E-state index in [-0.39, 0.29) is 47.3 Å². The van der Waals surface area contributed by atoms with Gasteiger partial charge in [-0.15, -0.1) is 17.0 Å². The molecule has 8 bridgehead atoms. The molecule has 0 fully saturated rings. The summed E-state index contributed by atoms with van der Waals surface area (Å²) in [4.78, 5) is 59.3. The van der Waals surface area contributed by atoms with Crippen LogP contribution in [0.4, 0.5) is 0 Å². The first kappa shape index (κ1) is 34.0. The molecule has 236 valence electrons. The minimum absolute atomic E-state index is 0. The van der Waals surface area contributed by atoms with Crippen LogP contribution < -0.4 is 20.8 Å². The predicted octanol–water partition coefficient (Wildman–Crippen LogP) is 2.25. The first-order valence-electron chi connectivity index (χ1n) is 15.3. The van der Waals surface area contributed by atoms with E-state index in [1.165, 1.54) is 14.2 Å². The van der Waals surface area contributed by atoms with Gasteiger partial charge in [-0.25, -0.2) is 9.98 Å². The fraction of sp³-hybridized carbons (Fsp3) is 0.333. The Morgan fingerprint density at radius 2 is 1.83 bits per heavy atom. The number of ether oxygens (including phenoxy) is 2. The van der Waals surface area contributed by atoms with E-state index in [1.807, 2.05) is 26.8 Å². The number of carbonyl (C=O) groups excluding carboxylic acids is 3. The SMILES string of the molecule is C=CC1=C(C)C2=NC1=CC1=NC(=C(CC)/C1=C\[O-])C=c1[n-]c3c(c1C)C(=O)C(C(=O)OC)C=3C1=NC(=C2)C(C)C1CCC(=O)OC.[Mg+2]. The van der Waals surface area contributed by atoms with Gasteiger partial charge in [0.2, 0.25) is 0 Å². The first-order valence-corrected chi connectivity index (χ1v) is 15.3. The number of ketones is 1. The molecule has 4 aliphatic heterocycles. The summed E-state index contributed by atoms with van der Waals surface area (Å²) in [6.45, 7) is 11.7. The molecule has 11 heteroatoms. The van der Waals surface area contributed by atoms with Crippen molar-refractivity contribution in [3.8, 4) is 0 Å². The van der Waals surface area contributed by atoms with E-state index in [1.54, 1.807) is 25.2 Å². The van der Waals surface area contributed by atoms with E-state index < -0.39 is 17.7 Å². The molecule has 0 N–H and O–H groups in total. The zero-order valence-electron chi connectivity index (χ0n) is 27.4. The van der Waals surface area contributed by atoms with E-state index in [0.29, 0.717) is 80.0 Å².